The van der Waals surface area contributed by atoms with Crippen LogP contribution in [0.2, 0.25) is 10.0 Å². The van der Waals surface area contributed by atoms with E-state index in [1.807, 2.05) is 18.2 Å². The molecule has 0 saturated carbocycles. The predicted molar refractivity (Wildman–Crippen MR) is 102 cm³/mol. The molecule has 1 aliphatic rings. The zero-order valence-electron chi connectivity index (χ0n) is 14.0. The number of carbonyl (C=O) groups excluding carboxylic acids is 2. The van der Waals surface area contributed by atoms with Crippen LogP contribution in [-0.2, 0) is 14.3 Å². The Balaban J connectivity index is 1.92. The molecule has 1 aliphatic heterocycles. The summed E-state index contributed by atoms with van der Waals surface area (Å²) in [6.07, 6.45) is 0.669. The van der Waals surface area contributed by atoms with Gasteiger partial charge in [0, 0.05) is 34.1 Å². The molecule has 3 rings (SSSR count). The summed E-state index contributed by atoms with van der Waals surface area (Å²) in [6.45, 7) is 0.334. The number of benzene rings is 2. The summed E-state index contributed by atoms with van der Waals surface area (Å²) in [6, 6.07) is 10.6. The van der Waals surface area contributed by atoms with Crippen molar-refractivity contribution in [3.05, 3.63) is 52.0 Å². The second-order valence-corrected chi connectivity index (χ2v) is 6.71. The standard InChI is InChI=1S/C19H16Cl2N2O3/c1-26-17(24)3-2-8-23-16-9-11(4-6-14(16)18(22)19(23)25)13-7-5-12(20)10-15(13)21/h4-7,9-10,22H,2-3,8H2,1H3. The Kier molecular flexibility index (Phi) is 5.30. The molecule has 0 fully saturated rings. The van der Waals surface area contributed by atoms with Crippen molar-refractivity contribution in [1.29, 1.82) is 5.41 Å². The van der Waals surface area contributed by atoms with Crippen LogP contribution >= 0.6 is 23.2 Å². The van der Waals surface area contributed by atoms with E-state index >= 15 is 0 Å². The number of nitrogens with zero attached hydrogens (tertiary/aromatic N) is 1. The molecular formula is C19H16Cl2N2O3. The first-order valence-electron chi connectivity index (χ1n) is 7.99. The Bertz CT molecular complexity index is 912. The highest BCUT2D eigenvalue weighted by Gasteiger charge is 2.32. The van der Waals surface area contributed by atoms with Gasteiger partial charge in [0.05, 0.1) is 12.8 Å². The van der Waals surface area contributed by atoms with E-state index in [9.17, 15) is 9.59 Å². The van der Waals surface area contributed by atoms with Crippen LogP contribution in [0.15, 0.2) is 36.4 Å². The fourth-order valence-corrected chi connectivity index (χ4v) is 3.44. The molecule has 0 radical (unpaired) electrons. The third-order valence-electron chi connectivity index (χ3n) is 4.25. The lowest BCUT2D eigenvalue weighted by Gasteiger charge is -2.17. The molecule has 0 aliphatic carbocycles. The summed E-state index contributed by atoms with van der Waals surface area (Å²) < 4.78 is 4.62. The second-order valence-electron chi connectivity index (χ2n) is 5.87. The molecule has 0 aromatic heterocycles. The van der Waals surface area contributed by atoms with E-state index in [4.69, 9.17) is 28.6 Å². The van der Waals surface area contributed by atoms with Gasteiger partial charge in [-0.1, -0.05) is 35.3 Å². The first-order valence-corrected chi connectivity index (χ1v) is 8.75. The first-order chi connectivity index (χ1) is 12.4. The maximum atomic E-state index is 12.4. The summed E-state index contributed by atoms with van der Waals surface area (Å²) in [5.74, 6) is -0.696. The number of halogens is 2. The van der Waals surface area contributed by atoms with E-state index in [-0.39, 0.29) is 24.0 Å². The molecule has 7 heteroatoms. The zero-order chi connectivity index (χ0) is 18.8. The van der Waals surface area contributed by atoms with Gasteiger partial charge >= 0.3 is 5.97 Å². The van der Waals surface area contributed by atoms with Gasteiger partial charge in [0.15, 0.2) is 0 Å². The minimum absolute atomic E-state index is 0.0492. The van der Waals surface area contributed by atoms with E-state index < -0.39 is 0 Å². The van der Waals surface area contributed by atoms with Crippen molar-refractivity contribution in [2.45, 2.75) is 12.8 Å². The lowest BCUT2D eigenvalue weighted by atomic mass is 10.0. The van der Waals surface area contributed by atoms with Crippen molar-refractivity contribution in [3.8, 4) is 11.1 Å². The average molecular weight is 391 g/mol. The molecule has 0 spiro atoms. The molecule has 2 aromatic carbocycles. The van der Waals surface area contributed by atoms with Gasteiger partial charge in [0.25, 0.3) is 5.91 Å². The highest BCUT2D eigenvalue weighted by atomic mass is 35.5. The SMILES string of the molecule is COC(=O)CCCN1C(=O)C(=N)c2ccc(-c3ccc(Cl)cc3Cl)cc21. The molecule has 5 nitrogen and oxygen atoms in total. The number of fused-ring (bicyclic) bond motifs is 1. The maximum Gasteiger partial charge on any atom is 0.305 e. The normalized spacial score (nSPS) is 13.1. The lowest BCUT2D eigenvalue weighted by molar-refractivity contribution is -0.140. The van der Waals surface area contributed by atoms with Crippen molar-refractivity contribution < 1.29 is 14.3 Å². The van der Waals surface area contributed by atoms with Crippen molar-refractivity contribution in [3.63, 3.8) is 0 Å². The van der Waals surface area contributed by atoms with Gasteiger partial charge in [-0.2, -0.15) is 0 Å². The van der Waals surface area contributed by atoms with Crippen LogP contribution in [-0.4, -0.2) is 31.2 Å². The lowest BCUT2D eigenvalue weighted by Crippen LogP contribution is -2.31. The summed E-state index contributed by atoms with van der Waals surface area (Å²) >= 11 is 12.2. The number of carbonyl (C=O) groups is 2. The monoisotopic (exact) mass is 390 g/mol. The van der Waals surface area contributed by atoms with Crippen LogP contribution in [0.4, 0.5) is 5.69 Å². The quantitative estimate of drug-likeness (QED) is 0.772. The van der Waals surface area contributed by atoms with Crippen LogP contribution in [0.1, 0.15) is 18.4 Å². The Morgan fingerprint density at radius 1 is 1.15 bits per heavy atom. The van der Waals surface area contributed by atoms with Gasteiger partial charge in [-0.25, -0.2) is 0 Å². The number of hydrogen-bond acceptors (Lipinski definition) is 4. The van der Waals surface area contributed by atoms with E-state index in [0.29, 0.717) is 34.3 Å². The molecule has 0 bridgehead atoms. The number of anilines is 1. The van der Waals surface area contributed by atoms with Crippen LogP contribution < -0.4 is 4.90 Å². The van der Waals surface area contributed by atoms with Gasteiger partial charge in [-0.3, -0.25) is 15.0 Å². The Morgan fingerprint density at radius 2 is 1.88 bits per heavy atom. The van der Waals surface area contributed by atoms with Crippen LogP contribution in [0.5, 0.6) is 0 Å². The van der Waals surface area contributed by atoms with Gasteiger partial charge in [0.2, 0.25) is 0 Å². The molecule has 0 atom stereocenters. The first kappa shape index (κ1) is 18.4. The largest absolute Gasteiger partial charge is 0.469 e. The highest BCUT2D eigenvalue weighted by Crippen LogP contribution is 2.36. The maximum absolute atomic E-state index is 12.4. The number of amides is 1. The topological polar surface area (TPSA) is 70.5 Å². The summed E-state index contributed by atoms with van der Waals surface area (Å²) in [5, 5.41) is 9.09. The van der Waals surface area contributed by atoms with E-state index in [1.165, 1.54) is 12.0 Å². The third-order valence-corrected chi connectivity index (χ3v) is 4.80. The number of rotatable bonds is 5. The van der Waals surface area contributed by atoms with E-state index in [0.717, 1.165) is 11.1 Å². The second kappa shape index (κ2) is 7.48. The third kappa shape index (κ3) is 3.45. The van der Waals surface area contributed by atoms with Gasteiger partial charge in [0.1, 0.15) is 5.71 Å². The summed E-state index contributed by atoms with van der Waals surface area (Å²) in [5.41, 5.74) is 2.78. The van der Waals surface area contributed by atoms with Crippen LogP contribution in [0, 0.1) is 5.41 Å². The molecular weight excluding hydrogens is 375 g/mol. The Morgan fingerprint density at radius 3 is 2.58 bits per heavy atom. The molecule has 1 heterocycles. The molecule has 1 N–H and O–H groups in total. The smallest absolute Gasteiger partial charge is 0.305 e. The van der Waals surface area contributed by atoms with Gasteiger partial charge in [-0.15, -0.1) is 0 Å². The van der Waals surface area contributed by atoms with Crippen molar-refractivity contribution >= 4 is 46.5 Å². The predicted octanol–water partition coefficient (Wildman–Crippen LogP) is 4.33. The number of nitrogens with one attached hydrogen (secondary N) is 1. The van der Waals surface area contributed by atoms with Crippen LogP contribution in [0.25, 0.3) is 11.1 Å². The minimum atomic E-state index is -0.371. The number of ether oxygens (including phenoxy) is 1. The molecule has 134 valence electrons. The van der Waals surface area contributed by atoms with E-state index in [2.05, 4.69) is 4.74 Å². The van der Waals surface area contributed by atoms with Gasteiger partial charge < -0.3 is 9.64 Å². The highest BCUT2D eigenvalue weighted by molar-refractivity contribution is 6.53. The number of esters is 1. The zero-order valence-corrected chi connectivity index (χ0v) is 15.5. The Hall–Kier alpha value is -2.37. The number of methoxy groups -OCH3 is 1. The molecule has 26 heavy (non-hydrogen) atoms. The van der Waals surface area contributed by atoms with E-state index in [1.54, 1.807) is 18.2 Å². The fraction of sp³-hybridized carbons (Fsp3) is 0.211. The minimum Gasteiger partial charge on any atom is -0.469 e. The molecule has 2 aromatic rings. The van der Waals surface area contributed by atoms with Crippen molar-refractivity contribution in [1.82, 2.24) is 0 Å². The molecule has 0 saturated heterocycles. The van der Waals surface area contributed by atoms with Crippen molar-refractivity contribution in [2.75, 3.05) is 18.6 Å². The number of hydrogen-bond donors (Lipinski definition) is 1. The fourth-order valence-electron chi connectivity index (χ4n) is 2.92. The summed E-state index contributed by atoms with van der Waals surface area (Å²) in [4.78, 5) is 25.2. The van der Waals surface area contributed by atoms with Gasteiger partial charge in [-0.05, 0) is 36.2 Å². The summed E-state index contributed by atoms with van der Waals surface area (Å²) in [7, 11) is 1.33. The Labute approximate surface area is 161 Å². The van der Waals surface area contributed by atoms with Crippen molar-refractivity contribution in [2.24, 2.45) is 0 Å². The molecule has 1 amide bonds. The average Bonchev–Trinajstić information content (AvgIpc) is 2.86. The molecule has 0 unspecified atom stereocenters. The van der Waals surface area contributed by atoms with Crippen LogP contribution in [0.3, 0.4) is 0 Å².